The maximum Gasteiger partial charge on any atom is 0.247 e. The minimum atomic E-state index is -0.455. The molecule has 0 aliphatic carbocycles. The number of carbonyl (C=O) groups is 3. The number of pyridine rings is 1. The van der Waals surface area contributed by atoms with E-state index in [2.05, 4.69) is 10.3 Å². The molecule has 12 heteroatoms. The van der Waals surface area contributed by atoms with Crippen LogP contribution in [0.25, 0.3) is 17.0 Å². The molecule has 0 bridgehead atoms. The van der Waals surface area contributed by atoms with Crippen LogP contribution in [0.2, 0.25) is 10.0 Å². The quantitative estimate of drug-likeness (QED) is 0.153. The van der Waals surface area contributed by atoms with E-state index < -0.39 is 5.91 Å². The highest BCUT2D eigenvalue weighted by molar-refractivity contribution is 6.38. The summed E-state index contributed by atoms with van der Waals surface area (Å²) in [6.07, 6.45) is 2.91. The lowest BCUT2D eigenvalue weighted by atomic mass is 10.1. The zero-order chi connectivity index (χ0) is 31.1. The van der Waals surface area contributed by atoms with Crippen molar-refractivity contribution in [3.05, 3.63) is 99.7 Å². The number of para-hydroxylation sites is 1. The van der Waals surface area contributed by atoms with Crippen LogP contribution in [0.1, 0.15) is 23.7 Å². The number of benzene rings is 3. The van der Waals surface area contributed by atoms with Gasteiger partial charge in [0.05, 0.1) is 30.1 Å². The number of rotatable bonds is 10. The van der Waals surface area contributed by atoms with E-state index in [0.717, 1.165) is 27.2 Å². The fourth-order valence-electron chi connectivity index (χ4n) is 4.24. The molecule has 0 fully saturated rings. The zero-order valence-electron chi connectivity index (χ0n) is 24.5. The van der Waals surface area contributed by atoms with E-state index in [-0.39, 0.29) is 42.4 Å². The van der Waals surface area contributed by atoms with Crippen molar-refractivity contribution in [2.24, 2.45) is 0 Å². The van der Waals surface area contributed by atoms with Crippen LogP contribution in [0.5, 0.6) is 5.75 Å². The van der Waals surface area contributed by atoms with Gasteiger partial charge < -0.3 is 15.0 Å². The van der Waals surface area contributed by atoms with Crippen LogP contribution in [-0.4, -0.2) is 43.4 Å². The molecule has 9 nitrogen and oxygen atoms in total. The van der Waals surface area contributed by atoms with Crippen molar-refractivity contribution in [2.75, 3.05) is 30.7 Å². The first-order chi connectivity index (χ1) is 20.6. The van der Waals surface area contributed by atoms with E-state index >= 15 is 0 Å². The van der Waals surface area contributed by atoms with Crippen LogP contribution < -0.4 is 20.0 Å². The molecule has 0 unspecified atom stereocenters. The van der Waals surface area contributed by atoms with E-state index in [0.29, 0.717) is 27.7 Å². The van der Waals surface area contributed by atoms with Gasteiger partial charge in [-0.05, 0) is 55.0 Å². The highest BCUT2D eigenvalue weighted by Crippen LogP contribution is 2.35. The van der Waals surface area contributed by atoms with E-state index in [4.69, 9.17) is 32.8 Å². The Morgan fingerprint density at radius 2 is 1.73 bits per heavy atom. The minimum absolute atomic E-state index is 0. The van der Waals surface area contributed by atoms with Gasteiger partial charge >= 0.3 is 0 Å². The molecule has 0 saturated carbocycles. The van der Waals surface area contributed by atoms with E-state index in [9.17, 15) is 14.4 Å². The van der Waals surface area contributed by atoms with Crippen molar-refractivity contribution < 1.29 is 24.0 Å². The number of halogens is 3. The average molecular weight is 658 g/mol. The average Bonchev–Trinajstić information content (AvgIpc) is 2.99. The second-order valence-electron chi connectivity index (χ2n) is 9.52. The number of carbonyl (C=O) groups excluding carboxylic acids is 3. The molecular weight excluding hydrogens is 627 g/mol. The summed E-state index contributed by atoms with van der Waals surface area (Å²) in [6.45, 7) is 3.10. The van der Waals surface area contributed by atoms with Gasteiger partial charge in [0, 0.05) is 41.7 Å². The first-order valence-corrected chi connectivity index (χ1v) is 14.0. The largest absolute Gasteiger partial charge is 0.487 e. The van der Waals surface area contributed by atoms with Gasteiger partial charge in [-0.2, -0.15) is 5.06 Å². The molecule has 0 aliphatic rings. The molecule has 0 radical (unpaired) electrons. The molecule has 1 N–H and O–H groups in total. The van der Waals surface area contributed by atoms with Crippen LogP contribution in [0.15, 0.2) is 72.8 Å². The number of anilines is 2. The summed E-state index contributed by atoms with van der Waals surface area (Å²) in [6, 6.07) is 19.7. The van der Waals surface area contributed by atoms with Crippen LogP contribution in [0.3, 0.4) is 0 Å². The Kier molecular flexibility index (Phi) is 12.1. The van der Waals surface area contributed by atoms with Crippen LogP contribution >= 0.6 is 35.6 Å². The highest BCUT2D eigenvalue weighted by atomic mass is 35.5. The summed E-state index contributed by atoms with van der Waals surface area (Å²) in [5, 5.41) is 5.32. The summed E-state index contributed by atoms with van der Waals surface area (Å²) >= 11 is 13.2. The molecule has 4 rings (SSSR count). The second kappa shape index (κ2) is 15.5. The summed E-state index contributed by atoms with van der Waals surface area (Å²) in [5.74, 6) is -0.524. The number of nitrogens with one attached hydrogen (secondary N) is 1. The number of hydrogen-bond acceptors (Lipinski definition) is 6. The minimum Gasteiger partial charge on any atom is -0.487 e. The van der Waals surface area contributed by atoms with E-state index in [1.807, 2.05) is 37.3 Å². The Morgan fingerprint density at radius 3 is 2.41 bits per heavy atom. The maximum atomic E-state index is 12.9. The van der Waals surface area contributed by atoms with Gasteiger partial charge in [0.1, 0.15) is 17.9 Å². The summed E-state index contributed by atoms with van der Waals surface area (Å²) < 4.78 is 6.07. The molecule has 3 aromatic carbocycles. The standard InChI is InChI=1S/C32H30Cl2N4O5.ClH/c1-20-8-12-23-6-5-7-28(32(23)36-20)43-19-25-26(33)15-16-27(31(25)34)37(3)30(41)18-35-29(40)17-11-22-9-13-24(14-10-22)38(42-4)21(2)39;/h5-17H,18-19H2,1-4H3,(H,35,40);1H. The van der Waals surface area contributed by atoms with Gasteiger partial charge in [0.25, 0.3) is 0 Å². The monoisotopic (exact) mass is 656 g/mol. The van der Waals surface area contributed by atoms with Gasteiger partial charge in [0.15, 0.2) is 0 Å². The van der Waals surface area contributed by atoms with Gasteiger partial charge in [-0.1, -0.05) is 53.5 Å². The number of hydroxylamine groups is 1. The Bertz CT molecular complexity index is 1700. The van der Waals surface area contributed by atoms with Crippen molar-refractivity contribution in [3.8, 4) is 5.75 Å². The van der Waals surface area contributed by atoms with Gasteiger partial charge in [0.2, 0.25) is 17.7 Å². The molecule has 1 heterocycles. The molecule has 0 saturated heterocycles. The summed E-state index contributed by atoms with van der Waals surface area (Å²) in [4.78, 5) is 47.9. The van der Waals surface area contributed by atoms with Crippen molar-refractivity contribution in [1.82, 2.24) is 10.3 Å². The van der Waals surface area contributed by atoms with Crippen molar-refractivity contribution in [3.63, 3.8) is 0 Å². The first kappa shape index (κ1) is 34.3. The van der Waals surface area contributed by atoms with Crippen molar-refractivity contribution in [1.29, 1.82) is 0 Å². The number of ether oxygens (including phenoxy) is 1. The molecule has 4 aromatic rings. The lowest BCUT2D eigenvalue weighted by Crippen LogP contribution is -2.37. The first-order valence-electron chi connectivity index (χ1n) is 13.2. The second-order valence-corrected chi connectivity index (χ2v) is 10.3. The molecule has 0 atom stereocenters. The third-order valence-corrected chi connectivity index (χ3v) is 7.31. The van der Waals surface area contributed by atoms with Crippen molar-refractivity contribution in [2.45, 2.75) is 20.5 Å². The van der Waals surface area contributed by atoms with Crippen molar-refractivity contribution >= 4 is 81.7 Å². The number of likely N-dealkylation sites (N-methyl/N-ethyl adjacent to an activating group) is 1. The molecule has 1 aromatic heterocycles. The van der Waals surface area contributed by atoms with Crippen LogP contribution in [0, 0.1) is 6.92 Å². The predicted molar refractivity (Wildman–Crippen MR) is 177 cm³/mol. The maximum absolute atomic E-state index is 12.9. The number of amides is 3. The molecule has 0 spiro atoms. The molecule has 230 valence electrons. The summed E-state index contributed by atoms with van der Waals surface area (Å²) in [5.41, 5.74) is 3.80. The summed E-state index contributed by atoms with van der Waals surface area (Å²) in [7, 11) is 2.96. The number of aryl methyl sites for hydroxylation is 1. The highest BCUT2D eigenvalue weighted by Gasteiger charge is 2.19. The molecular formula is C32H31Cl3N4O5. The van der Waals surface area contributed by atoms with Crippen LogP contribution in [-0.2, 0) is 25.8 Å². The topological polar surface area (TPSA) is 101 Å². The smallest absolute Gasteiger partial charge is 0.247 e. The Hall–Kier alpha value is -4.15. The number of aromatic nitrogens is 1. The Balaban J connectivity index is 0.00000529. The third-order valence-electron chi connectivity index (χ3n) is 6.53. The fourth-order valence-corrected chi connectivity index (χ4v) is 4.85. The predicted octanol–water partition coefficient (Wildman–Crippen LogP) is 6.56. The lowest BCUT2D eigenvalue weighted by molar-refractivity contribution is -0.122. The van der Waals surface area contributed by atoms with Gasteiger partial charge in [-0.3, -0.25) is 19.2 Å². The lowest BCUT2D eigenvalue weighted by Gasteiger charge is -2.21. The SMILES string of the molecule is CON(C(C)=O)c1ccc(C=CC(=O)NCC(=O)N(C)c2ccc(Cl)c(COc3cccc4ccc(C)nc34)c2Cl)cc1.Cl. The normalized spacial score (nSPS) is 10.8. The molecule has 3 amide bonds. The zero-order valence-corrected chi connectivity index (χ0v) is 26.8. The van der Waals surface area contributed by atoms with Gasteiger partial charge in [-0.25, -0.2) is 4.98 Å². The van der Waals surface area contributed by atoms with E-state index in [1.165, 1.54) is 25.0 Å². The van der Waals surface area contributed by atoms with Crippen LogP contribution in [0.4, 0.5) is 11.4 Å². The number of hydrogen-bond donors (Lipinski definition) is 1. The van der Waals surface area contributed by atoms with E-state index in [1.54, 1.807) is 49.5 Å². The Morgan fingerprint density at radius 1 is 1.00 bits per heavy atom. The Labute approximate surface area is 271 Å². The number of nitrogens with zero attached hydrogens (tertiary/aromatic N) is 3. The third kappa shape index (κ3) is 8.27. The van der Waals surface area contributed by atoms with Gasteiger partial charge in [-0.15, -0.1) is 12.4 Å². The number of fused-ring (bicyclic) bond motifs is 1. The fraction of sp³-hybridized carbons (Fsp3) is 0.188. The molecule has 0 aliphatic heterocycles. The molecule has 44 heavy (non-hydrogen) atoms.